The van der Waals surface area contributed by atoms with Crippen LogP contribution in [0.1, 0.15) is 18.9 Å². The van der Waals surface area contributed by atoms with E-state index in [0.717, 1.165) is 29.4 Å². The normalized spacial score (nSPS) is 14.5. The monoisotopic (exact) mass is 296 g/mol. The highest BCUT2D eigenvalue weighted by Gasteiger charge is 2.28. The summed E-state index contributed by atoms with van der Waals surface area (Å²) in [5.74, 6) is 0. The predicted octanol–water partition coefficient (Wildman–Crippen LogP) is 4.05. The molecule has 21 heavy (non-hydrogen) atoms. The molecule has 104 valence electrons. The van der Waals surface area contributed by atoms with E-state index >= 15 is 0 Å². The van der Waals surface area contributed by atoms with E-state index in [2.05, 4.69) is 4.98 Å². The van der Waals surface area contributed by atoms with Crippen molar-refractivity contribution in [3.05, 3.63) is 64.0 Å². The Kier molecular flexibility index (Phi) is 2.82. The molecule has 4 heteroatoms. The Morgan fingerprint density at radius 1 is 1.10 bits per heavy atom. The molecule has 1 aliphatic rings. The lowest BCUT2D eigenvalue weighted by molar-refractivity contribution is 0.731. The number of rotatable bonds is 2. The molecule has 0 unspecified atom stereocenters. The van der Waals surface area contributed by atoms with Crippen molar-refractivity contribution in [2.24, 2.45) is 0 Å². The number of nitrogens with zero attached hydrogens (tertiary/aromatic N) is 2. The summed E-state index contributed by atoms with van der Waals surface area (Å²) in [6.07, 6.45) is 3.81. The van der Waals surface area contributed by atoms with Crippen molar-refractivity contribution in [3.63, 3.8) is 0 Å². The van der Waals surface area contributed by atoms with Crippen LogP contribution in [0.3, 0.4) is 0 Å². The van der Waals surface area contributed by atoms with Gasteiger partial charge >= 0.3 is 0 Å². The fraction of sp³-hybridized carbons (Fsp3) is 0.176. The summed E-state index contributed by atoms with van der Waals surface area (Å²) in [4.78, 5) is 17.3. The minimum atomic E-state index is -0.00296. The molecule has 0 N–H and O–H groups in total. The minimum absolute atomic E-state index is 0.00296. The average Bonchev–Trinajstić information content (AvgIpc) is 3.32. The molecule has 0 saturated heterocycles. The Morgan fingerprint density at radius 2 is 1.90 bits per heavy atom. The number of pyridine rings is 2. The molecule has 0 atom stereocenters. The third-order valence-electron chi connectivity index (χ3n) is 3.87. The molecule has 2 heterocycles. The number of halogens is 1. The lowest BCUT2D eigenvalue weighted by atomic mass is 10.1. The molecule has 0 aliphatic heterocycles. The standard InChI is InChI=1S/C17H13ClN2O/c18-15-6-2-1-5-13(15)14-10-11-4-3-9-19-16(11)20(17(14)21)12-7-8-12/h1-6,9-10,12H,7-8H2. The summed E-state index contributed by atoms with van der Waals surface area (Å²) >= 11 is 6.27. The second-order valence-electron chi connectivity index (χ2n) is 5.36. The fourth-order valence-electron chi connectivity index (χ4n) is 2.71. The third kappa shape index (κ3) is 2.05. The Morgan fingerprint density at radius 3 is 2.67 bits per heavy atom. The van der Waals surface area contributed by atoms with Crippen molar-refractivity contribution in [1.82, 2.24) is 9.55 Å². The molecule has 3 aromatic rings. The van der Waals surface area contributed by atoms with Gasteiger partial charge in [-0.1, -0.05) is 29.8 Å². The third-order valence-corrected chi connectivity index (χ3v) is 4.20. The first-order valence-electron chi connectivity index (χ1n) is 7.01. The van der Waals surface area contributed by atoms with Crippen molar-refractivity contribution < 1.29 is 0 Å². The second-order valence-corrected chi connectivity index (χ2v) is 5.77. The van der Waals surface area contributed by atoms with Crippen molar-refractivity contribution in [3.8, 4) is 11.1 Å². The van der Waals surface area contributed by atoms with Gasteiger partial charge in [-0.15, -0.1) is 0 Å². The molecule has 1 aromatic carbocycles. The van der Waals surface area contributed by atoms with Crippen LogP contribution in [0.2, 0.25) is 5.02 Å². The molecule has 0 bridgehead atoms. The molecule has 2 aromatic heterocycles. The van der Waals surface area contributed by atoms with Gasteiger partial charge in [0.05, 0.1) is 0 Å². The van der Waals surface area contributed by atoms with Crippen LogP contribution < -0.4 is 5.56 Å². The van der Waals surface area contributed by atoms with Gasteiger partial charge in [-0.05, 0) is 37.1 Å². The maximum absolute atomic E-state index is 12.9. The molecule has 0 amide bonds. The molecule has 1 saturated carbocycles. The van der Waals surface area contributed by atoms with Crippen LogP contribution in [0.5, 0.6) is 0 Å². The summed E-state index contributed by atoms with van der Waals surface area (Å²) < 4.78 is 1.83. The minimum Gasteiger partial charge on any atom is -0.289 e. The Balaban J connectivity index is 2.09. The van der Waals surface area contributed by atoms with E-state index in [9.17, 15) is 4.79 Å². The van der Waals surface area contributed by atoms with Gasteiger partial charge in [-0.3, -0.25) is 9.36 Å². The summed E-state index contributed by atoms with van der Waals surface area (Å²) in [6.45, 7) is 0. The topological polar surface area (TPSA) is 34.9 Å². The summed E-state index contributed by atoms with van der Waals surface area (Å²) in [6, 6.07) is 13.5. The zero-order valence-corrected chi connectivity index (χ0v) is 12.0. The first-order chi connectivity index (χ1) is 10.3. The predicted molar refractivity (Wildman–Crippen MR) is 84.7 cm³/mol. The van der Waals surface area contributed by atoms with Gasteiger partial charge in [0.1, 0.15) is 5.65 Å². The highest BCUT2D eigenvalue weighted by molar-refractivity contribution is 6.33. The number of benzene rings is 1. The van der Waals surface area contributed by atoms with E-state index in [1.54, 1.807) is 6.20 Å². The lowest BCUT2D eigenvalue weighted by Crippen LogP contribution is -2.22. The van der Waals surface area contributed by atoms with Crippen LogP contribution in [0.25, 0.3) is 22.2 Å². The first kappa shape index (κ1) is 12.6. The van der Waals surface area contributed by atoms with E-state index in [1.165, 1.54) is 0 Å². The zero-order valence-electron chi connectivity index (χ0n) is 11.3. The maximum atomic E-state index is 12.9. The quantitative estimate of drug-likeness (QED) is 0.715. The first-order valence-corrected chi connectivity index (χ1v) is 7.38. The number of fused-ring (bicyclic) bond motifs is 1. The maximum Gasteiger partial charge on any atom is 0.260 e. The van der Waals surface area contributed by atoms with Gasteiger partial charge in [0.25, 0.3) is 5.56 Å². The van der Waals surface area contributed by atoms with E-state index < -0.39 is 0 Å². The lowest BCUT2D eigenvalue weighted by Gasteiger charge is -2.12. The molecule has 1 aliphatic carbocycles. The number of hydrogen-bond donors (Lipinski definition) is 0. The summed E-state index contributed by atoms with van der Waals surface area (Å²) in [5.41, 5.74) is 2.19. The molecule has 3 nitrogen and oxygen atoms in total. The van der Waals surface area contributed by atoms with Gasteiger partial charge in [-0.2, -0.15) is 0 Å². The molecule has 4 rings (SSSR count). The van der Waals surface area contributed by atoms with Crippen LogP contribution in [0.4, 0.5) is 0 Å². The highest BCUT2D eigenvalue weighted by Crippen LogP contribution is 2.36. The van der Waals surface area contributed by atoms with Gasteiger partial charge < -0.3 is 0 Å². The van der Waals surface area contributed by atoms with Crippen molar-refractivity contribution in [2.45, 2.75) is 18.9 Å². The molecule has 0 radical (unpaired) electrons. The van der Waals surface area contributed by atoms with E-state index in [1.807, 2.05) is 47.0 Å². The van der Waals surface area contributed by atoms with E-state index in [-0.39, 0.29) is 11.6 Å². The van der Waals surface area contributed by atoms with E-state index in [0.29, 0.717) is 10.6 Å². The van der Waals surface area contributed by atoms with Gasteiger partial charge in [0, 0.05) is 33.8 Å². The molecule has 0 spiro atoms. The smallest absolute Gasteiger partial charge is 0.260 e. The van der Waals surface area contributed by atoms with E-state index in [4.69, 9.17) is 11.6 Å². The van der Waals surface area contributed by atoms with Crippen molar-refractivity contribution >= 4 is 22.6 Å². The van der Waals surface area contributed by atoms with Crippen LogP contribution in [0, 0.1) is 0 Å². The summed E-state index contributed by atoms with van der Waals surface area (Å²) in [5, 5.41) is 1.57. The average molecular weight is 297 g/mol. The second kappa shape index (κ2) is 4.71. The Hall–Kier alpha value is -2.13. The number of aromatic nitrogens is 2. The van der Waals surface area contributed by atoms with Crippen molar-refractivity contribution in [1.29, 1.82) is 0 Å². The Labute approximate surface area is 126 Å². The highest BCUT2D eigenvalue weighted by atomic mass is 35.5. The fourth-order valence-corrected chi connectivity index (χ4v) is 2.95. The van der Waals surface area contributed by atoms with Crippen LogP contribution in [-0.4, -0.2) is 9.55 Å². The molecular formula is C17H13ClN2O. The summed E-state index contributed by atoms with van der Waals surface area (Å²) in [7, 11) is 0. The Bertz CT molecular complexity index is 897. The largest absolute Gasteiger partial charge is 0.289 e. The van der Waals surface area contributed by atoms with Crippen molar-refractivity contribution in [2.75, 3.05) is 0 Å². The van der Waals surface area contributed by atoms with Crippen LogP contribution in [-0.2, 0) is 0 Å². The molecule has 1 fully saturated rings. The van der Waals surface area contributed by atoms with Gasteiger partial charge in [-0.25, -0.2) is 4.98 Å². The van der Waals surface area contributed by atoms with Crippen LogP contribution in [0.15, 0.2) is 53.5 Å². The van der Waals surface area contributed by atoms with Gasteiger partial charge in [0.15, 0.2) is 0 Å². The van der Waals surface area contributed by atoms with Gasteiger partial charge in [0.2, 0.25) is 0 Å². The SMILES string of the molecule is O=c1c(-c2ccccc2Cl)cc2cccnc2n1C1CC1. The van der Waals surface area contributed by atoms with Crippen LogP contribution >= 0.6 is 11.6 Å². The zero-order chi connectivity index (χ0) is 14.4. The molecular weight excluding hydrogens is 284 g/mol. The number of hydrogen-bond acceptors (Lipinski definition) is 2.